The largest absolute Gasteiger partial charge is 0.497 e. The van der Waals surface area contributed by atoms with Crippen molar-refractivity contribution in [3.63, 3.8) is 0 Å². The van der Waals surface area contributed by atoms with Crippen LogP contribution in [0.4, 0.5) is 0 Å². The van der Waals surface area contributed by atoms with Crippen LogP contribution in [0.15, 0.2) is 47.6 Å². The molecule has 1 spiro atoms. The van der Waals surface area contributed by atoms with Crippen LogP contribution in [-0.4, -0.2) is 30.7 Å². The van der Waals surface area contributed by atoms with E-state index < -0.39 is 0 Å². The molecule has 0 unspecified atom stereocenters. The Morgan fingerprint density at radius 3 is 2.39 bits per heavy atom. The molecule has 146 valence electrons. The summed E-state index contributed by atoms with van der Waals surface area (Å²) in [5.74, 6) is 2.71. The topological polar surface area (TPSA) is 43.3 Å². The third-order valence-corrected chi connectivity index (χ3v) is 6.26. The van der Waals surface area contributed by atoms with Crippen LogP contribution in [0.25, 0.3) is 0 Å². The van der Waals surface area contributed by atoms with E-state index in [9.17, 15) is 0 Å². The van der Waals surface area contributed by atoms with Crippen molar-refractivity contribution in [3.05, 3.63) is 53.6 Å². The first-order valence-corrected chi connectivity index (χ1v) is 10.1. The van der Waals surface area contributed by atoms with Crippen LogP contribution in [-0.2, 0) is 0 Å². The van der Waals surface area contributed by atoms with Crippen molar-refractivity contribution in [2.24, 2.45) is 5.10 Å². The van der Waals surface area contributed by atoms with Gasteiger partial charge in [0.15, 0.2) is 5.72 Å². The summed E-state index contributed by atoms with van der Waals surface area (Å²) < 4.78 is 17.4. The number of fused-ring (bicyclic) bond motifs is 4. The van der Waals surface area contributed by atoms with E-state index in [1.54, 1.807) is 14.2 Å². The summed E-state index contributed by atoms with van der Waals surface area (Å²) in [7, 11) is 3.40. The molecule has 2 aliphatic heterocycles. The van der Waals surface area contributed by atoms with Gasteiger partial charge in [-0.3, -0.25) is 0 Å². The molecule has 28 heavy (non-hydrogen) atoms. The monoisotopic (exact) mass is 378 g/mol. The number of benzene rings is 2. The van der Waals surface area contributed by atoms with Crippen molar-refractivity contribution >= 4 is 5.71 Å². The average Bonchev–Trinajstić information content (AvgIpc) is 3.21. The minimum atomic E-state index is -0.321. The van der Waals surface area contributed by atoms with Gasteiger partial charge in [0.25, 0.3) is 0 Å². The van der Waals surface area contributed by atoms with E-state index >= 15 is 0 Å². The molecule has 2 aromatic carbocycles. The number of hydrazone groups is 1. The van der Waals surface area contributed by atoms with Gasteiger partial charge in [-0.1, -0.05) is 6.42 Å². The lowest BCUT2D eigenvalue weighted by atomic mass is 9.86. The number of ether oxygens (including phenoxy) is 3. The van der Waals surface area contributed by atoms with Crippen LogP contribution in [0.5, 0.6) is 17.2 Å². The summed E-state index contributed by atoms with van der Waals surface area (Å²) >= 11 is 0. The molecule has 0 bridgehead atoms. The highest BCUT2D eigenvalue weighted by Gasteiger charge is 2.50. The Labute approximate surface area is 165 Å². The van der Waals surface area contributed by atoms with E-state index in [0.29, 0.717) is 0 Å². The van der Waals surface area contributed by atoms with Gasteiger partial charge >= 0.3 is 0 Å². The van der Waals surface area contributed by atoms with Gasteiger partial charge in [-0.25, -0.2) is 5.01 Å². The van der Waals surface area contributed by atoms with Crippen LogP contribution >= 0.6 is 0 Å². The fraction of sp³-hybridized carbons (Fsp3) is 0.435. The Kier molecular flexibility index (Phi) is 4.18. The van der Waals surface area contributed by atoms with Crippen molar-refractivity contribution in [3.8, 4) is 17.2 Å². The van der Waals surface area contributed by atoms with Crippen LogP contribution in [0.3, 0.4) is 0 Å². The molecule has 1 atom stereocenters. The lowest BCUT2D eigenvalue weighted by Gasteiger charge is -2.49. The van der Waals surface area contributed by atoms with Crippen molar-refractivity contribution < 1.29 is 14.2 Å². The lowest BCUT2D eigenvalue weighted by Crippen LogP contribution is -2.54. The number of rotatable bonds is 3. The molecule has 5 heteroatoms. The summed E-state index contributed by atoms with van der Waals surface area (Å²) in [5, 5.41) is 7.37. The second kappa shape index (κ2) is 6.73. The molecule has 2 heterocycles. The van der Waals surface area contributed by atoms with Crippen molar-refractivity contribution in [1.29, 1.82) is 0 Å². The van der Waals surface area contributed by atoms with Crippen LogP contribution in [0.2, 0.25) is 0 Å². The zero-order valence-electron chi connectivity index (χ0n) is 16.5. The maximum atomic E-state index is 6.64. The van der Waals surface area contributed by atoms with Crippen molar-refractivity contribution in [2.75, 3.05) is 14.2 Å². The van der Waals surface area contributed by atoms with Gasteiger partial charge < -0.3 is 14.2 Å². The molecule has 0 aromatic heterocycles. The third-order valence-electron chi connectivity index (χ3n) is 6.26. The van der Waals surface area contributed by atoms with Gasteiger partial charge in [0, 0.05) is 24.8 Å². The zero-order chi connectivity index (χ0) is 19.1. The first-order valence-electron chi connectivity index (χ1n) is 10.1. The fourth-order valence-corrected chi connectivity index (χ4v) is 4.78. The highest BCUT2D eigenvalue weighted by molar-refractivity contribution is 6.02. The molecule has 1 aliphatic carbocycles. The van der Waals surface area contributed by atoms with Gasteiger partial charge in [0.2, 0.25) is 0 Å². The molecular formula is C23H26N2O3. The maximum Gasteiger partial charge on any atom is 0.198 e. The van der Waals surface area contributed by atoms with Gasteiger partial charge in [-0.05, 0) is 60.9 Å². The normalized spacial score (nSPS) is 22.1. The lowest BCUT2D eigenvalue weighted by molar-refractivity contribution is -0.140. The Hall–Kier alpha value is -2.69. The molecular weight excluding hydrogens is 352 g/mol. The minimum Gasteiger partial charge on any atom is -0.497 e. The molecule has 2 aromatic rings. The summed E-state index contributed by atoms with van der Waals surface area (Å²) in [6.07, 6.45) is 6.55. The molecule has 0 radical (unpaired) electrons. The summed E-state index contributed by atoms with van der Waals surface area (Å²) in [4.78, 5) is 0. The van der Waals surface area contributed by atoms with Gasteiger partial charge in [0.1, 0.15) is 17.2 Å². The third kappa shape index (κ3) is 2.72. The average molecular weight is 378 g/mol. The Bertz CT molecular complexity index is 901. The van der Waals surface area contributed by atoms with E-state index in [0.717, 1.165) is 47.8 Å². The smallest absolute Gasteiger partial charge is 0.198 e. The number of hydrogen-bond acceptors (Lipinski definition) is 5. The quantitative estimate of drug-likeness (QED) is 0.761. The second-order valence-electron chi connectivity index (χ2n) is 7.85. The summed E-state index contributed by atoms with van der Waals surface area (Å²) in [6, 6.07) is 14.5. The highest BCUT2D eigenvalue weighted by atomic mass is 16.5. The molecule has 0 N–H and O–H groups in total. The molecule has 0 saturated heterocycles. The second-order valence-corrected chi connectivity index (χ2v) is 7.85. The van der Waals surface area contributed by atoms with E-state index in [2.05, 4.69) is 29.3 Å². The molecule has 5 nitrogen and oxygen atoms in total. The zero-order valence-corrected chi connectivity index (χ0v) is 16.5. The van der Waals surface area contributed by atoms with Crippen LogP contribution in [0.1, 0.15) is 55.7 Å². The first kappa shape index (κ1) is 17.4. The molecule has 3 aliphatic rings. The molecule has 0 amide bonds. The summed E-state index contributed by atoms with van der Waals surface area (Å²) in [6.45, 7) is 0. The highest BCUT2D eigenvalue weighted by Crippen LogP contribution is 2.51. The fourth-order valence-electron chi connectivity index (χ4n) is 4.78. The molecule has 5 rings (SSSR count). The van der Waals surface area contributed by atoms with Gasteiger partial charge in [-0.2, -0.15) is 5.10 Å². The summed E-state index contributed by atoms with van der Waals surface area (Å²) in [5.41, 5.74) is 3.10. The first-order chi connectivity index (χ1) is 13.7. The van der Waals surface area contributed by atoms with E-state index in [-0.39, 0.29) is 11.8 Å². The SMILES string of the molecule is COc1ccc(C2=NN3[C@@H](C2)c2cc(OC)ccc2OC32CCCCC2)cc1. The van der Waals surface area contributed by atoms with E-state index in [1.807, 2.05) is 18.2 Å². The van der Waals surface area contributed by atoms with Crippen LogP contribution < -0.4 is 14.2 Å². The standard InChI is InChI=1S/C23H26N2O3/c1-26-17-8-6-16(7-9-17)20-15-21-19-14-18(27-2)10-11-22(19)28-23(25(21)24-20)12-4-3-5-13-23/h6-11,14,21H,3-5,12-13,15H2,1-2H3/t21-/m0/s1. The number of hydrogen-bond donors (Lipinski definition) is 0. The van der Waals surface area contributed by atoms with Crippen molar-refractivity contribution in [2.45, 2.75) is 50.3 Å². The predicted molar refractivity (Wildman–Crippen MR) is 108 cm³/mol. The van der Waals surface area contributed by atoms with Crippen LogP contribution in [0, 0.1) is 0 Å². The Balaban J connectivity index is 1.56. The van der Waals surface area contributed by atoms with E-state index in [4.69, 9.17) is 19.3 Å². The Morgan fingerprint density at radius 2 is 1.68 bits per heavy atom. The van der Waals surface area contributed by atoms with Gasteiger partial charge in [0.05, 0.1) is 26.0 Å². The molecule has 1 fully saturated rings. The number of methoxy groups -OCH3 is 2. The number of nitrogens with zero attached hydrogens (tertiary/aromatic N) is 2. The van der Waals surface area contributed by atoms with Gasteiger partial charge in [-0.15, -0.1) is 0 Å². The maximum absolute atomic E-state index is 6.64. The van der Waals surface area contributed by atoms with E-state index in [1.165, 1.54) is 24.8 Å². The molecule has 1 saturated carbocycles. The Morgan fingerprint density at radius 1 is 0.964 bits per heavy atom. The predicted octanol–water partition coefficient (Wildman–Crippen LogP) is 4.91. The van der Waals surface area contributed by atoms with Crippen molar-refractivity contribution in [1.82, 2.24) is 5.01 Å². The minimum absolute atomic E-state index is 0.189.